The van der Waals surface area contributed by atoms with Gasteiger partial charge in [-0.1, -0.05) is 6.42 Å². The van der Waals surface area contributed by atoms with Gasteiger partial charge in [0.15, 0.2) is 0 Å². The molecule has 0 aromatic rings. The van der Waals surface area contributed by atoms with Gasteiger partial charge in [0.2, 0.25) is 0 Å². The summed E-state index contributed by atoms with van der Waals surface area (Å²) in [6.45, 7) is 8.54. The fourth-order valence-corrected chi connectivity index (χ4v) is 0.118. The predicted molar refractivity (Wildman–Crippen MR) is 23.5 cm³/mol. The third-order valence-corrected chi connectivity index (χ3v) is 0.371. The van der Waals surface area contributed by atoms with Gasteiger partial charge in [-0.2, -0.15) is 6.42 Å². The molecule has 0 rings (SSSR count). The van der Waals surface area contributed by atoms with Crippen LogP contribution in [-0.2, 0) is 22.4 Å². The minimum absolute atomic E-state index is 0. The van der Waals surface area contributed by atoms with Crippen molar-refractivity contribution in [2.24, 2.45) is 0 Å². The normalized spacial score (nSPS) is 6.17. The first-order valence-corrected chi connectivity index (χ1v) is 1.74. The van der Waals surface area contributed by atoms with E-state index in [9.17, 15) is 0 Å². The van der Waals surface area contributed by atoms with Crippen LogP contribution in [0.5, 0.6) is 0 Å². The average molecular weight is 161 g/mol. The molecular weight excluding hydrogens is 153 g/mol. The van der Waals surface area contributed by atoms with E-state index in [1.54, 1.807) is 6.08 Å². The molecule has 0 spiro atoms. The van der Waals surface area contributed by atoms with E-state index in [1.165, 1.54) is 0 Å². The van der Waals surface area contributed by atoms with Crippen LogP contribution in [-0.4, -0.2) is 0 Å². The summed E-state index contributed by atoms with van der Waals surface area (Å²) in [4.78, 5) is 0. The van der Waals surface area contributed by atoms with E-state index in [4.69, 9.17) is 6.58 Å². The number of allylic oxidation sites excluding steroid dienone is 1. The zero-order valence-corrected chi connectivity index (χ0v) is 5.92. The van der Waals surface area contributed by atoms with Gasteiger partial charge in [-0.05, 0) is 0 Å². The van der Waals surface area contributed by atoms with Crippen molar-refractivity contribution in [3.05, 3.63) is 19.6 Å². The Kier molecular flexibility index (Phi) is 14.7. The average Bonchev–Trinajstić information content (AvgIpc) is 1.41. The quantitative estimate of drug-likeness (QED) is 0.426. The molecule has 33 valence electrons. The van der Waals surface area contributed by atoms with Crippen molar-refractivity contribution >= 4 is 0 Å². The second kappa shape index (κ2) is 9.08. The van der Waals surface area contributed by atoms with Gasteiger partial charge in [-0.25, -0.2) is 0 Å². The number of rotatable bonds is 2. The minimum Gasteiger partial charge on any atom is -0.518 e. The summed E-state index contributed by atoms with van der Waals surface area (Å²) in [7, 11) is 0. The molecule has 0 aromatic heterocycles. The Hall–Kier alpha value is 0.480. The molecule has 1 radical (unpaired) electrons. The molecule has 0 heterocycles. The zero-order valence-electron chi connectivity index (χ0n) is 3.72. The molecule has 0 N–H and O–H groups in total. The van der Waals surface area contributed by atoms with E-state index in [0.717, 1.165) is 12.8 Å². The van der Waals surface area contributed by atoms with Crippen LogP contribution in [0.15, 0.2) is 6.08 Å². The monoisotopic (exact) mass is 161 g/mol. The van der Waals surface area contributed by atoms with Gasteiger partial charge in [0.05, 0.1) is 0 Å². The minimum atomic E-state index is 0. The molecule has 6 heavy (non-hydrogen) atoms. The van der Waals surface area contributed by atoms with Crippen molar-refractivity contribution in [3.63, 3.8) is 0 Å². The Balaban J connectivity index is 0. The molecular formula is C5H8Nb. The molecule has 0 amide bonds. The van der Waals surface area contributed by atoms with Gasteiger partial charge in [0.25, 0.3) is 0 Å². The van der Waals surface area contributed by atoms with Crippen LogP contribution in [0.4, 0.5) is 0 Å². The van der Waals surface area contributed by atoms with E-state index in [1.807, 2.05) is 0 Å². The molecule has 0 nitrogen and oxygen atoms in total. The van der Waals surface area contributed by atoms with Crippen molar-refractivity contribution < 1.29 is 22.4 Å². The number of hydrogen-bond acceptors (Lipinski definition) is 0. The van der Waals surface area contributed by atoms with E-state index >= 15 is 0 Å². The zero-order chi connectivity index (χ0) is 4.12. The summed E-state index contributed by atoms with van der Waals surface area (Å²) >= 11 is 0. The van der Waals surface area contributed by atoms with E-state index in [-0.39, 0.29) is 22.4 Å². The first kappa shape index (κ1) is 9.70. The first-order valence-electron chi connectivity index (χ1n) is 1.74. The Morgan fingerprint density at radius 1 is 1.67 bits per heavy atom. The van der Waals surface area contributed by atoms with E-state index in [2.05, 4.69) is 6.92 Å². The van der Waals surface area contributed by atoms with E-state index < -0.39 is 0 Å². The van der Waals surface area contributed by atoms with Gasteiger partial charge in [-0.15, -0.1) is 0 Å². The van der Waals surface area contributed by atoms with Crippen LogP contribution < -0.4 is 0 Å². The van der Waals surface area contributed by atoms with E-state index in [0.29, 0.717) is 0 Å². The largest absolute Gasteiger partial charge is 2.00 e. The van der Waals surface area contributed by atoms with Gasteiger partial charge < -0.3 is 13.5 Å². The molecule has 0 aliphatic heterocycles. The van der Waals surface area contributed by atoms with Crippen molar-refractivity contribution in [2.45, 2.75) is 12.8 Å². The third-order valence-electron chi connectivity index (χ3n) is 0.371. The fraction of sp³-hybridized carbons (Fsp3) is 0.400. The van der Waals surface area contributed by atoms with Crippen molar-refractivity contribution in [2.75, 3.05) is 0 Å². The van der Waals surface area contributed by atoms with Crippen LogP contribution in [0.2, 0.25) is 0 Å². The molecule has 0 saturated heterocycles. The maximum atomic E-state index is 4.97. The second-order valence-corrected chi connectivity index (χ2v) is 0.878. The standard InChI is InChI=1S/C5H8.Nb/c1-3-5-4-2;/h1,3H,2,4-5H2;/q-2;+2. The van der Waals surface area contributed by atoms with Crippen LogP contribution >= 0.6 is 0 Å². The first-order chi connectivity index (χ1) is 2.41. The Morgan fingerprint density at radius 2 is 2.17 bits per heavy atom. The van der Waals surface area contributed by atoms with Crippen LogP contribution in [0.3, 0.4) is 0 Å². The number of hydrogen-bond donors (Lipinski definition) is 0. The Bertz CT molecular complexity index is 25.1. The summed E-state index contributed by atoms with van der Waals surface area (Å²) < 4.78 is 0. The van der Waals surface area contributed by atoms with Gasteiger partial charge in [0.1, 0.15) is 0 Å². The van der Waals surface area contributed by atoms with Crippen molar-refractivity contribution in [1.82, 2.24) is 0 Å². The number of unbranched alkanes of at least 4 members (excludes halogenated alkanes) is 1. The van der Waals surface area contributed by atoms with Crippen LogP contribution in [0.1, 0.15) is 12.8 Å². The summed E-state index contributed by atoms with van der Waals surface area (Å²) in [5, 5.41) is 0. The summed E-state index contributed by atoms with van der Waals surface area (Å²) in [6, 6.07) is 0. The molecule has 0 aliphatic rings. The molecule has 0 unspecified atom stereocenters. The molecule has 0 atom stereocenters. The summed E-state index contributed by atoms with van der Waals surface area (Å²) in [5.74, 6) is 0. The Morgan fingerprint density at radius 3 is 2.17 bits per heavy atom. The third kappa shape index (κ3) is 8.82. The smallest absolute Gasteiger partial charge is 0.518 e. The van der Waals surface area contributed by atoms with Gasteiger partial charge >= 0.3 is 22.4 Å². The Labute approximate surface area is 55.1 Å². The molecule has 0 saturated carbocycles. The van der Waals surface area contributed by atoms with Crippen molar-refractivity contribution in [3.8, 4) is 0 Å². The molecule has 0 fully saturated rings. The second-order valence-electron chi connectivity index (χ2n) is 0.878. The van der Waals surface area contributed by atoms with Gasteiger partial charge in [0, 0.05) is 0 Å². The summed E-state index contributed by atoms with van der Waals surface area (Å²) in [6.07, 6.45) is 3.46. The maximum absolute atomic E-state index is 4.97. The molecule has 0 aliphatic carbocycles. The maximum Gasteiger partial charge on any atom is 2.00 e. The molecule has 0 bridgehead atoms. The predicted octanol–water partition coefficient (Wildman–Crippen LogP) is 1.59. The fourth-order valence-electron chi connectivity index (χ4n) is 0.118. The van der Waals surface area contributed by atoms with Crippen LogP contribution in [0.25, 0.3) is 0 Å². The summed E-state index contributed by atoms with van der Waals surface area (Å²) in [5.41, 5.74) is 0. The van der Waals surface area contributed by atoms with Crippen molar-refractivity contribution in [1.29, 1.82) is 0 Å². The SMILES string of the molecule is [CH-]=CCC[CH2-].[Nb+2]. The van der Waals surface area contributed by atoms with Crippen LogP contribution in [0, 0.1) is 13.5 Å². The topological polar surface area (TPSA) is 0 Å². The van der Waals surface area contributed by atoms with Gasteiger partial charge in [-0.3, -0.25) is 6.08 Å². The molecule has 0 aromatic carbocycles. The molecule has 1 heteroatoms.